The van der Waals surface area contributed by atoms with Crippen LogP contribution in [0, 0.1) is 6.92 Å². The van der Waals surface area contributed by atoms with Crippen LogP contribution < -0.4 is 5.32 Å². The number of carbonyl (C=O) groups excluding carboxylic acids is 1. The molecule has 24 heavy (non-hydrogen) atoms. The van der Waals surface area contributed by atoms with Crippen molar-refractivity contribution in [3.8, 4) is 5.69 Å². The molecule has 1 heterocycles. The largest absolute Gasteiger partial charge is 0.480 e. The number of rotatable bonds is 5. The molecule has 0 saturated carbocycles. The summed E-state index contributed by atoms with van der Waals surface area (Å²) in [6, 6.07) is 4.98. The van der Waals surface area contributed by atoms with Gasteiger partial charge in [-0.2, -0.15) is 13.2 Å². The minimum absolute atomic E-state index is 0.287. The first kappa shape index (κ1) is 17.4. The summed E-state index contributed by atoms with van der Waals surface area (Å²) in [6.07, 6.45) is -5.20. The van der Waals surface area contributed by atoms with Gasteiger partial charge in [-0.05, 0) is 24.6 Å². The van der Waals surface area contributed by atoms with Gasteiger partial charge in [0.1, 0.15) is 6.04 Å². The molecule has 0 aliphatic heterocycles. The number of aliphatic carboxylic acids is 1. The topological polar surface area (TPSA) is 97.1 Å². The van der Waals surface area contributed by atoms with Gasteiger partial charge in [-0.3, -0.25) is 4.79 Å². The summed E-state index contributed by atoms with van der Waals surface area (Å²) in [6.45, 7) is 1.85. The number of amides is 1. The maximum atomic E-state index is 12.3. The third kappa shape index (κ3) is 4.54. The van der Waals surface area contributed by atoms with Crippen molar-refractivity contribution in [3.05, 3.63) is 41.7 Å². The third-order valence-electron chi connectivity index (χ3n) is 3.03. The number of aromatic nitrogens is 3. The molecule has 0 bridgehead atoms. The van der Waals surface area contributed by atoms with Crippen LogP contribution in [0.1, 0.15) is 22.5 Å². The Morgan fingerprint density at radius 2 is 2.08 bits per heavy atom. The van der Waals surface area contributed by atoms with Crippen LogP contribution in [0.3, 0.4) is 0 Å². The Morgan fingerprint density at radius 3 is 2.67 bits per heavy atom. The van der Waals surface area contributed by atoms with Crippen LogP contribution in [0.2, 0.25) is 0 Å². The highest BCUT2D eigenvalue weighted by Gasteiger charge is 2.36. The van der Waals surface area contributed by atoms with E-state index in [4.69, 9.17) is 5.11 Å². The fraction of sp³-hybridized carbons (Fsp3) is 0.286. The van der Waals surface area contributed by atoms with Crippen LogP contribution in [0.4, 0.5) is 13.2 Å². The highest BCUT2D eigenvalue weighted by atomic mass is 19.4. The molecule has 2 N–H and O–H groups in total. The predicted octanol–water partition coefficient (Wildman–Crippen LogP) is 1.71. The molecule has 2 rings (SSSR count). The van der Waals surface area contributed by atoms with Gasteiger partial charge in [-0.25, -0.2) is 9.48 Å². The summed E-state index contributed by atoms with van der Waals surface area (Å²) in [5, 5.41) is 17.9. The van der Waals surface area contributed by atoms with Crippen molar-refractivity contribution < 1.29 is 27.9 Å². The highest BCUT2D eigenvalue weighted by molar-refractivity contribution is 5.94. The summed E-state index contributed by atoms with van der Waals surface area (Å²) in [4.78, 5) is 22.8. The lowest BCUT2D eigenvalue weighted by Gasteiger charge is -2.15. The van der Waals surface area contributed by atoms with Gasteiger partial charge < -0.3 is 10.4 Å². The van der Waals surface area contributed by atoms with E-state index in [1.165, 1.54) is 10.9 Å². The average Bonchev–Trinajstić information content (AvgIpc) is 2.95. The van der Waals surface area contributed by atoms with Gasteiger partial charge in [-0.1, -0.05) is 17.3 Å². The number of aryl methyl sites for hydroxylation is 1. The Kier molecular flexibility index (Phi) is 4.86. The van der Waals surface area contributed by atoms with Crippen LogP contribution in [-0.2, 0) is 4.79 Å². The van der Waals surface area contributed by atoms with Gasteiger partial charge in [0.15, 0.2) is 5.69 Å². The second kappa shape index (κ2) is 6.69. The number of nitrogens with zero attached hydrogens (tertiary/aromatic N) is 3. The van der Waals surface area contributed by atoms with E-state index in [-0.39, 0.29) is 5.69 Å². The minimum Gasteiger partial charge on any atom is -0.480 e. The lowest BCUT2D eigenvalue weighted by molar-refractivity contribution is -0.157. The number of alkyl halides is 3. The first-order valence-electron chi connectivity index (χ1n) is 6.75. The Hall–Kier alpha value is -2.91. The van der Waals surface area contributed by atoms with Crippen molar-refractivity contribution in [1.29, 1.82) is 0 Å². The molecule has 1 atom stereocenters. The lowest BCUT2D eigenvalue weighted by atomic mass is 10.2. The standard InChI is InChI=1S/C14H13F3N4O3/c1-8-3-2-4-9(5-8)21-7-11(19-20-21)12(22)18-10(13(23)24)6-14(15,16)17/h2-5,7,10H,6H2,1H3,(H,18,22)(H,23,24). The summed E-state index contributed by atoms with van der Waals surface area (Å²) in [7, 11) is 0. The third-order valence-corrected chi connectivity index (χ3v) is 3.03. The molecular weight excluding hydrogens is 329 g/mol. The molecule has 7 nitrogen and oxygen atoms in total. The van der Waals surface area contributed by atoms with E-state index in [2.05, 4.69) is 10.3 Å². The molecular formula is C14H13F3N4O3. The summed E-state index contributed by atoms with van der Waals surface area (Å²) < 4.78 is 38.3. The number of halogens is 3. The molecule has 2 aromatic rings. The maximum Gasteiger partial charge on any atom is 0.391 e. The highest BCUT2D eigenvalue weighted by Crippen LogP contribution is 2.21. The summed E-state index contributed by atoms with van der Waals surface area (Å²) >= 11 is 0. The van der Waals surface area contributed by atoms with Crippen molar-refractivity contribution >= 4 is 11.9 Å². The Morgan fingerprint density at radius 1 is 1.38 bits per heavy atom. The van der Waals surface area contributed by atoms with Crippen molar-refractivity contribution in [2.45, 2.75) is 25.6 Å². The van der Waals surface area contributed by atoms with E-state index in [0.717, 1.165) is 5.56 Å². The first-order chi connectivity index (χ1) is 11.2. The number of benzene rings is 1. The lowest BCUT2D eigenvalue weighted by Crippen LogP contribution is -2.43. The van der Waals surface area contributed by atoms with Crippen molar-refractivity contribution in [2.75, 3.05) is 0 Å². The fourth-order valence-corrected chi connectivity index (χ4v) is 1.93. The van der Waals surface area contributed by atoms with Crippen molar-refractivity contribution in [1.82, 2.24) is 20.3 Å². The van der Waals surface area contributed by atoms with E-state index in [0.29, 0.717) is 5.69 Å². The van der Waals surface area contributed by atoms with E-state index in [1.54, 1.807) is 23.5 Å². The van der Waals surface area contributed by atoms with Crippen LogP contribution in [-0.4, -0.2) is 44.2 Å². The number of hydrogen-bond donors (Lipinski definition) is 2. The molecule has 128 valence electrons. The Balaban J connectivity index is 2.14. The normalized spacial score (nSPS) is 12.7. The van der Waals surface area contributed by atoms with Gasteiger partial charge in [0.25, 0.3) is 5.91 Å². The molecule has 0 spiro atoms. The number of hydrogen-bond acceptors (Lipinski definition) is 4. The fourth-order valence-electron chi connectivity index (χ4n) is 1.93. The Labute approximate surface area is 134 Å². The molecule has 10 heteroatoms. The first-order valence-corrected chi connectivity index (χ1v) is 6.75. The van der Waals surface area contributed by atoms with Gasteiger partial charge in [0.05, 0.1) is 18.3 Å². The second-order valence-corrected chi connectivity index (χ2v) is 5.07. The molecule has 0 aliphatic rings. The van der Waals surface area contributed by atoms with Gasteiger partial charge in [-0.15, -0.1) is 5.10 Å². The molecule has 1 unspecified atom stereocenters. The van der Waals surface area contributed by atoms with E-state index in [9.17, 15) is 22.8 Å². The SMILES string of the molecule is Cc1cccc(-n2cc(C(=O)NC(CC(F)(F)F)C(=O)O)nn2)c1. The van der Waals surface area contributed by atoms with Crippen LogP contribution >= 0.6 is 0 Å². The van der Waals surface area contributed by atoms with Gasteiger partial charge in [0, 0.05) is 0 Å². The molecule has 0 aliphatic carbocycles. The van der Waals surface area contributed by atoms with Crippen molar-refractivity contribution in [2.24, 2.45) is 0 Å². The van der Waals surface area contributed by atoms with Crippen LogP contribution in [0.15, 0.2) is 30.5 Å². The average molecular weight is 342 g/mol. The number of carboxylic acids is 1. The van der Waals surface area contributed by atoms with E-state index >= 15 is 0 Å². The van der Waals surface area contributed by atoms with Crippen molar-refractivity contribution in [3.63, 3.8) is 0 Å². The zero-order chi connectivity index (χ0) is 17.9. The van der Waals surface area contributed by atoms with Crippen LogP contribution in [0.25, 0.3) is 5.69 Å². The van der Waals surface area contributed by atoms with E-state index in [1.807, 2.05) is 13.0 Å². The number of nitrogens with one attached hydrogen (secondary N) is 1. The quantitative estimate of drug-likeness (QED) is 0.862. The zero-order valence-electron chi connectivity index (χ0n) is 12.4. The smallest absolute Gasteiger partial charge is 0.391 e. The second-order valence-electron chi connectivity index (χ2n) is 5.07. The molecule has 1 aromatic heterocycles. The molecule has 0 radical (unpaired) electrons. The Bertz CT molecular complexity index is 758. The summed E-state index contributed by atoms with van der Waals surface area (Å²) in [5.41, 5.74) is 1.25. The van der Waals surface area contributed by atoms with Crippen LogP contribution in [0.5, 0.6) is 0 Å². The molecule has 0 saturated heterocycles. The minimum atomic E-state index is -4.73. The monoisotopic (exact) mass is 342 g/mol. The number of carboxylic acid groups (broad SMARTS) is 1. The van der Waals surface area contributed by atoms with E-state index < -0.39 is 30.5 Å². The van der Waals surface area contributed by atoms with Gasteiger partial charge in [0.2, 0.25) is 0 Å². The maximum absolute atomic E-state index is 12.3. The number of carbonyl (C=O) groups is 2. The van der Waals surface area contributed by atoms with Gasteiger partial charge >= 0.3 is 12.1 Å². The predicted molar refractivity (Wildman–Crippen MR) is 75.7 cm³/mol. The molecule has 0 fully saturated rings. The zero-order valence-corrected chi connectivity index (χ0v) is 12.4. The summed E-state index contributed by atoms with van der Waals surface area (Å²) in [5.74, 6) is -2.84. The molecule has 1 aromatic carbocycles. The molecule has 1 amide bonds.